The van der Waals surface area contributed by atoms with Gasteiger partial charge in [0.1, 0.15) is 0 Å². The van der Waals surface area contributed by atoms with E-state index in [1.807, 2.05) is 9.80 Å². The van der Waals surface area contributed by atoms with Crippen LogP contribution in [0.15, 0.2) is 69.1 Å². The van der Waals surface area contributed by atoms with Crippen molar-refractivity contribution in [2.24, 2.45) is 11.8 Å². The fourth-order valence-corrected chi connectivity index (χ4v) is 10.4. The zero-order chi connectivity index (χ0) is 35.4. The van der Waals surface area contributed by atoms with Crippen LogP contribution in [0.3, 0.4) is 0 Å². The molecule has 2 aliphatic heterocycles. The van der Waals surface area contributed by atoms with E-state index in [-0.39, 0.29) is 11.8 Å². The predicted molar refractivity (Wildman–Crippen MR) is 221 cm³/mol. The van der Waals surface area contributed by atoms with E-state index in [4.69, 9.17) is 0 Å². The predicted octanol–water partition coefficient (Wildman–Crippen LogP) is 12.6. The molecule has 2 aromatic heterocycles. The van der Waals surface area contributed by atoms with Crippen LogP contribution >= 0.6 is 46.2 Å². The lowest BCUT2D eigenvalue weighted by atomic mass is 9.95. The first-order valence-electron chi connectivity index (χ1n) is 18.3. The van der Waals surface area contributed by atoms with Gasteiger partial charge in [0.2, 0.25) is 0 Å². The van der Waals surface area contributed by atoms with E-state index in [1.54, 1.807) is 46.2 Å². The molecular formula is C42H50N2O2S4. The highest BCUT2D eigenvalue weighted by Gasteiger charge is 2.43. The monoisotopic (exact) mass is 742 g/mol. The first-order chi connectivity index (χ1) is 24.3. The molecule has 0 aliphatic carbocycles. The Kier molecular flexibility index (Phi) is 12.4. The molecule has 0 spiro atoms. The summed E-state index contributed by atoms with van der Waals surface area (Å²) in [6, 6.07) is 21.6. The van der Waals surface area contributed by atoms with Crippen molar-refractivity contribution in [2.45, 2.75) is 87.5 Å². The van der Waals surface area contributed by atoms with Crippen LogP contribution in [0, 0.1) is 11.8 Å². The maximum atomic E-state index is 14.9. The summed E-state index contributed by atoms with van der Waals surface area (Å²) in [5.74, 6) is 0.723. The molecule has 4 heterocycles. The number of carbonyl (C=O) groups is 2. The molecule has 2 atom stereocenters. The van der Waals surface area contributed by atoms with Gasteiger partial charge in [-0.15, -0.1) is 46.2 Å². The number of thioether (sulfide) groups is 2. The molecule has 0 saturated heterocycles. The Morgan fingerprint density at radius 3 is 1.36 bits per heavy atom. The molecule has 8 heteroatoms. The number of nitrogens with zero attached hydrogens (tertiary/aromatic N) is 2. The normalized spacial score (nSPS) is 16.8. The van der Waals surface area contributed by atoms with E-state index in [9.17, 15) is 9.59 Å². The smallest absolute Gasteiger partial charge is 0.259 e. The zero-order valence-corrected chi connectivity index (χ0v) is 33.6. The van der Waals surface area contributed by atoms with Crippen LogP contribution in [0.5, 0.6) is 0 Å². The molecule has 0 radical (unpaired) electrons. The molecule has 0 saturated carbocycles. The highest BCUT2D eigenvalue weighted by atomic mass is 32.2. The fourth-order valence-electron chi connectivity index (χ4n) is 7.33. The lowest BCUT2D eigenvalue weighted by Gasteiger charge is -2.24. The van der Waals surface area contributed by atoms with Crippen LogP contribution in [0.1, 0.15) is 90.2 Å². The van der Waals surface area contributed by atoms with Gasteiger partial charge in [0.05, 0.1) is 30.9 Å². The van der Waals surface area contributed by atoms with Gasteiger partial charge in [-0.25, -0.2) is 0 Å². The number of hydrogen-bond acceptors (Lipinski definition) is 6. The molecule has 0 fully saturated rings. The van der Waals surface area contributed by atoms with Crippen molar-refractivity contribution in [2.75, 3.05) is 35.4 Å². The number of anilines is 2. The van der Waals surface area contributed by atoms with Gasteiger partial charge in [-0.1, -0.05) is 90.5 Å². The minimum atomic E-state index is -0.0378. The van der Waals surface area contributed by atoms with Gasteiger partial charge in [-0.05, 0) is 84.7 Å². The molecule has 6 rings (SSSR count). The molecule has 50 heavy (non-hydrogen) atoms. The largest absolute Gasteiger partial charge is 0.307 e. The van der Waals surface area contributed by atoms with Gasteiger partial charge in [-0.3, -0.25) is 9.59 Å². The maximum Gasteiger partial charge on any atom is 0.259 e. The zero-order valence-electron chi connectivity index (χ0n) is 30.3. The van der Waals surface area contributed by atoms with Crippen LogP contribution < -0.4 is 9.80 Å². The Morgan fingerprint density at radius 2 is 1.02 bits per heavy atom. The summed E-state index contributed by atoms with van der Waals surface area (Å²) >= 11 is 7.08. The van der Waals surface area contributed by atoms with Crippen LogP contribution in [-0.4, -0.2) is 37.4 Å². The highest BCUT2D eigenvalue weighted by molar-refractivity contribution is 8.00. The van der Waals surface area contributed by atoms with E-state index in [2.05, 4.69) is 101 Å². The first-order valence-corrected chi connectivity index (χ1v) is 22.4. The molecular weight excluding hydrogens is 693 g/mol. The average Bonchev–Trinajstić information content (AvgIpc) is 3.93. The molecule has 0 N–H and O–H groups in total. The average molecular weight is 743 g/mol. The van der Waals surface area contributed by atoms with E-state index in [0.717, 1.165) is 85.0 Å². The van der Waals surface area contributed by atoms with Gasteiger partial charge < -0.3 is 9.80 Å². The van der Waals surface area contributed by atoms with Crippen molar-refractivity contribution in [3.05, 3.63) is 71.8 Å². The molecule has 2 aromatic carbocycles. The van der Waals surface area contributed by atoms with Crippen LogP contribution in [0.2, 0.25) is 0 Å². The second kappa shape index (κ2) is 16.7. The van der Waals surface area contributed by atoms with E-state index in [1.165, 1.54) is 18.2 Å². The Morgan fingerprint density at radius 1 is 0.600 bits per heavy atom. The second-order valence-corrected chi connectivity index (χ2v) is 17.9. The number of fused-ring (bicyclic) bond motifs is 2. The molecule has 2 aliphatic rings. The van der Waals surface area contributed by atoms with Gasteiger partial charge >= 0.3 is 0 Å². The third-order valence-electron chi connectivity index (χ3n) is 10.4. The highest BCUT2D eigenvalue weighted by Crippen LogP contribution is 2.50. The summed E-state index contributed by atoms with van der Waals surface area (Å²) in [6.45, 7) is 10.3. The first kappa shape index (κ1) is 37.0. The fraction of sp³-hybridized carbons (Fsp3) is 0.429. The van der Waals surface area contributed by atoms with Gasteiger partial charge in [0.15, 0.2) is 0 Å². The molecule has 4 aromatic rings. The standard InChI is InChI=1S/C42H50N2O2S4/c1-7-11-13-27(9-3)25-43-33-23-29(35-19-21-37(47-5)49-35)15-17-31(33)39(41(43)45)40-32-18-16-30(36-20-22-38(48-6)50-36)24-34(32)44(42(40)46)26-28(10-4)14-12-8-2/h15-24,27-28H,7-14,25-26H2,1-6H3/b40-39-. The molecule has 4 nitrogen and oxygen atoms in total. The third-order valence-corrected chi connectivity index (χ3v) is 14.8. The minimum Gasteiger partial charge on any atom is -0.307 e. The molecule has 0 bridgehead atoms. The summed E-state index contributed by atoms with van der Waals surface area (Å²) in [6.07, 6.45) is 13.0. The maximum absolute atomic E-state index is 14.9. The number of carbonyl (C=O) groups excluding carboxylic acids is 2. The molecule has 264 valence electrons. The lowest BCUT2D eigenvalue weighted by molar-refractivity contribution is -0.114. The van der Waals surface area contributed by atoms with Gasteiger partial charge in [0.25, 0.3) is 11.8 Å². The van der Waals surface area contributed by atoms with Gasteiger partial charge in [-0.2, -0.15) is 0 Å². The van der Waals surface area contributed by atoms with Gasteiger partial charge in [0, 0.05) is 34.0 Å². The third kappa shape index (κ3) is 7.41. The van der Waals surface area contributed by atoms with Crippen molar-refractivity contribution >= 4 is 80.5 Å². The summed E-state index contributed by atoms with van der Waals surface area (Å²) in [4.78, 5) is 36.1. The van der Waals surface area contributed by atoms with E-state index < -0.39 is 0 Å². The van der Waals surface area contributed by atoms with Crippen molar-refractivity contribution < 1.29 is 9.59 Å². The number of rotatable bonds is 16. The van der Waals surface area contributed by atoms with E-state index in [0.29, 0.717) is 36.1 Å². The Balaban J connectivity index is 1.50. The SMILES string of the molecule is CCCCC(CC)CN1C(=O)/C(=C2\C(=O)N(CC(CC)CCCC)c3cc(-c4ccc(SC)s4)ccc32)c2ccc(-c3ccc(SC)s3)cc21. The Hall–Kier alpha value is -2.78. The van der Waals surface area contributed by atoms with E-state index >= 15 is 0 Å². The Labute approximate surface area is 315 Å². The van der Waals surface area contributed by atoms with Crippen molar-refractivity contribution in [1.29, 1.82) is 0 Å². The quantitative estimate of drug-likeness (QED) is 0.0846. The molecule has 2 amide bonds. The lowest BCUT2D eigenvalue weighted by Crippen LogP contribution is -2.34. The van der Waals surface area contributed by atoms with Crippen molar-refractivity contribution in [1.82, 2.24) is 0 Å². The van der Waals surface area contributed by atoms with Crippen molar-refractivity contribution in [3.63, 3.8) is 0 Å². The Bertz CT molecular complexity index is 1740. The summed E-state index contributed by atoms with van der Waals surface area (Å²) in [5, 5.41) is 0. The summed E-state index contributed by atoms with van der Waals surface area (Å²) in [7, 11) is 0. The number of amides is 2. The summed E-state index contributed by atoms with van der Waals surface area (Å²) < 4.78 is 2.54. The van der Waals surface area contributed by atoms with Crippen molar-refractivity contribution in [3.8, 4) is 20.9 Å². The van der Waals surface area contributed by atoms with Crippen LogP contribution in [0.25, 0.3) is 32.0 Å². The minimum absolute atomic E-state index is 0.0378. The number of unbranched alkanes of at least 4 members (excludes halogenated alkanes) is 2. The second-order valence-electron chi connectivity index (χ2n) is 13.5. The molecule has 2 unspecified atom stereocenters. The number of benzene rings is 2. The topological polar surface area (TPSA) is 40.6 Å². The number of hydrogen-bond donors (Lipinski definition) is 0. The van der Waals surface area contributed by atoms with Crippen LogP contribution in [0.4, 0.5) is 11.4 Å². The van der Waals surface area contributed by atoms with Crippen LogP contribution in [-0.2, 0) is 9.59 Å². The number of thiophene rings is 2. The summed E-state index contributed by atoms with van der Waals surface area (Å²) in [5.41, 5.74) is 7.00.